The third-order valence-corrected chi connectivity index (χ3v) is 4.97. The maximum absolute atomic E-state index is 13.1. The summed E-state index contributed by atoms with van der Waals surface area (Å²) < 4.78 is 39.3. The summed E-state index contributed by atoms with van der Waals surface area (Å²) in [6.07, 6.45) is 2.59. The quantitative estimate of drug-likeness (QED) is 0.834. The monoisotopic (exact) mass is 298 g/mol. The molecule has 2 heterocycles. The first-order chi connectivity index (χ1) is 9.45. The summed E-state index contributed by atoms with van der Waals surface area (Å²) in [4.78, 5) is 0. The van der Waals surface area contributed by atoms with Gasteiger partial charge in [0.15, 0.2) is 0 Å². The molecule has 108 valence electrons. The fourth-order valence-electron chi connectivity index (χ4n) is 2.60. The first-order valence-electron chi connectivity index (χ1n) is 6.41. The van der Waals surface area contributed by atoms with Gasteiger partial charge in [-0.15, -0.1) is 5.10 Å². The zero-order valence-electron chi connectivity index (χ0n) is 11.0. The molecule has 0 N–H and O–H groups in total. The Kier molecular flexibility index (Phi) is 3.21. The number of halogens is 1. The minimum absolute atomic E-state index is 0.100. The molecule has 0 aliphatic carbocycles. The van der Waals surface area contributed by atoms with Gasteiger partial charge in [-0.1, -0.05) is 5.21 Å². The van der Waals surface area contributed by atoms with Crippen LogP contribution in [0.2, 0.25) is 0 Å². The number of benzene rings is 1. The van der Waals surface area contributed by atoms with Crippen LogP contribution in [0.15, 0.2) is 18.2 Å². The fraction of sp³-hybridized carbons (Fsp3) is 0.500. The van der Waals surface area contributed by atoms with Gasteiger partial charge < -0.3 is 0 Å². The molecule has 0 saturated carbocycles. The van der Waals surface area contributed by atoms with E-state index in [9.17, 15) is 12.8 Å². The standard InChI is InChI=1S/C12H15FN4O2S/c1-20(18,19)16-6-4-10(5-7-16)17-12-3-2-9(13)8-11(12)14-15-17/h2-3,8,10H,4-7H2,1H3. The summed E-state index contributed by atoms with van der Waals surface area (Å²) in [5.41, 5.74) is 1.31. The smallest absolute Gasteiger partial charge is 0.211 e. The van der Waals surface area contributed by atoms with Gasteiger partial charge in [-0.25, -0.2) is 21.8 Å². The number of sulfonamides is 1. The summed E-state index contributed by atoms with van der Waals surface area (Å²) in [6.45, 7) is 0.956. The third-order valence-electron chi connectivity index (χ3n) is 3.67. The predicted molar refractivity (Wildman–Crippen MR) is 72.2 cm³/mol. The van der Waals surface area contributed by atoms with Gasteiger partial charge in [0.2, 0.25) is 10.0 Å². The van der Waals surface area contributed by atoms with Crippen LogP contribution in [0.3, 0.4) is 0 Å². The van der Waals surface area contributed by atoms with E-state index >= 15 is 0 Å². The Morgan fingerprint density at radius 3 is 2.65 bits per heavy atom. The lowest BCUT2D eigenvalue weighted by atomic mass is 10.1. The van der Waals surface area contributed by atoms with Crippen molar-refractivity contribution in [3.05, 3.63) is 24.0 Å². The van der Waals surface area contributed by atoms with Crippen LogP contribution >= 0.6 is 0 Å². The molecule has 1 saturated heterocycles. The van der Waals surface area contributed by atoms with Gasteiger partial charge in [0.1, 0.15) is 11.3 Å². The highest BCUT2D eigenvalue weighted by Crippen LogP contribution is 2.26. The molecule has 0 unspecified atom stereocenters. The number of aromatic nitrogens is 3. The first kappa shape index (κ1) is 13.4. The van der Waals surface area contributed by atoms with E-state index in [2.05, 4.69) is 10.3 Å². The lowest BCUT2D eigenvalue weighted by Crippen LogP contribution is -2.38. The number of rotatable bonds is 2. The van der Waals surface area contributed by atoms with Crippen LogP contribution in [0, 0.1) is 5.82 Å². The lowest BCUT2D eigenvalue weighted by molar-refractivity contribution is 0.264. The highest BCUT2D eigenvalue weighted by molar-refractivity contribution is 7.88. The molecule has 1 fully saturated rings. The van der Waals surface area contributed by atoms with E-state index in [1.807, 2.05) is 0 Å². The summed E-state index contributed by atoms with van der Waals surface area (Å²) in [6, 6.07) is 4.50. The molecule has 8 heteroatoms. The summed E-state index contributed by atoms with van der Waals surface area (Å²) in [5.74, 6) is -0.337. The molecule has 0 amide bonds. The van der Waals surface area contributed by atoms with Crippen LogP contribution in [-0.4, -0.2) is 47.1 Å². The van der Waals surface area contributed by atoms with E-state index < -0.39 is 10.0 Å². The predicted octanol–water partition coefficient (Wildman–Crippen LogP) is 1.17. The van der Waals surface area contributed by atoms with Crippen LogP contribution in [-0.2, 0) is 10.0 Å². The van der Waals surface area contributed by atoms with Crippen LogP contribution in [0.4, 0.5) is 4.39 Å². The van der Waals surface area contributed by atoms with E-state index in [-0.39, 0.29) is 11.9 Å². The molecule has 0 bridgehead atoms. The molecule has 1 aromatic heterocycles. The number of fused-ring (bicyclic) bond motifs is 1. The molecule has 1 aliphatic rings. The second-order valence-electron chi connectivity index (χ2n) is 5.06. The number of hydrogen-bond donors (Lipinski definition) is 0. The number of nitrogens with zero attached hydrogens (tertiary/aromatic N) is 4. The molecule has 0 atom stereocenters. The van der Waals surface area contributed by atoms with Crippen LogP contribution in [0.1, 0.15) is 18.9 Å². The van der Waals surface area contributed by atoms with Crippen molar-refractivity contribution in [3.63, 3.8) is 0 Å². The maximum atomic E-state index is 13.1. The Labute approximate surface area is 116 Å². The summed E-state index contributed by atoms with van der Waals surface area (Å²) in [7, 11) is -3.13. The van der Waals surface area contributed by atoms with Gasteiger partial charge >= 0.3 is 0 Å². The largest absolute Gasteiger partial charge is 0.241 e. The summed E-state index contributed by atoms with van der Waals surface area (Å²) >= 11 is 0. The van der Waals surface area contributed by atoms with Gasteiger partial charge in [-0.05, 0) is 25.0 Å². The van der Waals surface area contributed by atoms with Crippen molar-refractivity contribution in [2.75, 3.05) is 19.3 Å². The van der Waals surface area contributed by atoms with Gasteiger partial charge in [-0.2, -0.15) is 0 Å². The van der Waals surface area contributed by atoms with E-state index in [0.29, 0.717) is 31.4 Å². The summed E-state index contributed by atoms with van der Waals surface area (Å²) in [5, 5.41) is 8.04. The van der Waals surface area contributed by atoms with E-state index in [0.717, 1.165) is 5.52 Å². The highest BCUT2D eigenvalue weighted by atomic mass is 32.2. The van der Waals surface area contributed by atoms with Gasteiger partial charge in [0, 0.05) is 19.2 Å². The molecule has 6 nitrogen and oxygen atoms in total. The molecule has 0 spiro atoms. The van der Waals surface area contributed by atoms with Gasteiger partial charge in [0.05, 0.1) is 17.8 Å². The second kappa shape index (κ2) is 4.78. The minimum Gasteiger partial charge on any atom is -0.241 e. The number of piperidine rings is 1. The molecule has 2 aromatic rings. The molecule has 3 rings (SSSR count). The van der Waals surface area contributed by atoms with Crippen molar-refractivity contribution in [2.24, 2.45) is 0 Å². The van der Waals surface area contributed by atoms with Crippen molar-refractivity contribution in [1.82, 2.24) is 19.3 Å². The first-order valence-corrected chi connectivity index (χ1v) is 8.25. The van der Waals surface area contributed by atoms with Crippen molar-refractivity contribution >= 4 is 21.1 Å². The topological polar surface area (TPSA) is 68.1 Å². The van der Waals surface area contributed by atoms with Crippen LogP contribution in [0.5, 0.6) is 0 Å². The van der Waals surface area contributed by atoms with Crippen molar-refractivity contribution < 1.29 is 12.8 Å². The molecular formula is C12H15FN4O2S. The molecule has 20 heavy (non-hydrogen) atoms. The van der Waals surface area contributed by atoms with Crippen molar-refractivity contribution in [1.29, 1.82) is 0 Å². The number of hydrogen-bond acceptors (Lipinski definition) is 4. The van der Waals surface area contributed by atoms with Crippen LogP contribution < -0.4 is 0 Å². The zero-order valence-corrected chi connectivity index (χ0v) is 11.8. The maximum Gasteiger partial charge on any atom is 0.211 e. The zero-order chi connectivity index (χ0) is 14.3. The van der Waals surface area contributed by atoms with Crippen molar-refractivity contribution in [3.8, 4) is 0 Å². The Balaban J connectivity index is 1.84. The molecule has 0 radical (unpaired) electrons. The third kappa shape index (κ3) is 2.40. The fourth-order valence-corrected chi connectivity index (χ4v) is 3.48. The van der Waals surface area contributed by atoms with E-state index in [1.54, 1.807) is 10.7 Å². The van der Waals surface area contributed by atoms with Crippen LogP contribution in [0.25, 0.3) is 11.0 Å². The van der Waals surface area contributed by atoms with Gasteiger partial charge in [0.25, 0.3) is 0 Å². The lowest BCUT2D eigenvalue weighted by Gasteiger charge is -2.30. The highest BCUT2D eigenvalue weighted by Gasteiger charge is 2.27. The second-order valence-corrected chi connectivity index (χ2v) is 7.04. The van der Waals surface area contributed by atoms with E-state index in [1.165, 1.54) is 22.7 Å². The average Bonchev–Trinajstić information content (AvgIpc) is 2.80. The van der Waals surface area contributed by atoms with Crippen molar-refractivity contribution in [2.45, 2.75) is 18.9 Å². The average molecular weight is 298 g/mol. The Bertz CT molecular complexity index is 735. The minimum atomic E-state index is -3.13. The van der Waals surface area contributed by atoms with E-state index in [4.69, 9.17) is 0 Å². The Morgan fingerprint density at radius 2 is 2.00 bits per heavy atom. The molecule has 1 aliphatic heterocycles. The normalized spacial score (nSPS) is 18.7. The SMILES string of the molecule is CS(=O)(=O)N1CCC(n2nnc3cc(F)ccc32)CC1. The molecular weight excluding hydrogens is 283 g/mol. The Hall–Kier alpha value is -1.54. The Morgan fingerprint density at radius 1 is 1.30 bits per heavy atom. The van der Waals surface area contributed by atoms with Gasteiger partial charge in [-0.3, -0.25) is 0 Å². The molecule has 1 aromatic carbocycles.